The number of hydrogen-bond acceptors (Lipinski definition) is 4. The number of anilines is 1. The summed E-state index contributed by atoms with van der Waals surface area (Å²) in [5.74, 6) is -0.662. The molecule has 4 rings (SSSR count). The maximum Gasteiger partial charge on any atom is 0.319 e. The van der Waals surface area contributed by atoms with Gasteiger partial charge in [0.1, 0.15) is 24.3 Å². The van der Waals surface area contributed by atoms with Gasteiger partial charge >= 0.3 is 6.03 Å². The molecule has 2 atom stereocenters. The molecule has 6 nitrogen and oxygen atoms in total. The highest BCUT2D eigenvalue weighted by Crippen LogP contribution is 2.33. The summed E-state index contributed by atoms with van der Waals surface area (Å²) in [5.41, 5.74) is 0.874. The van der Waals surface area contributed by atoms with Gasteiger partial charge in [-0.15, -0.1) is 0 Å². The third kappa shape index (κ3) is 3.73. The van der Waals surface area contributed by atoms with E-state index in [-0.39, 0.29) is 5.92 Å². The van der Waals surface area contributed by atoms with Gasteiger partial charge in [0.15, 0.2) is 5.84 Å². The summed E-state index contributed by atoms with van der Waals surface area (Å²) in [4.78, 5) is 19.6. The van der Waals surface area contributed by atoms with Gasteiger partial charge in [0.05, 0.1) is 6.54 Å². The Kier molecular flexibility index (Phi) is 5.04. The van der Waals surface area contributed by atoms with Crippen molar-refractivity contribution < 1.29 is 18.4 Å². The van der Waals surface area contributed by atoms with Crippen LogP contribution in [0.1, 0.15) is 11.5 Å². The van der Waals surface area contributed by atoms with Crippen LogP contribution in [-0.2, 0) is 4.84 Å². The smallest absolute Gasteiger partial charge is 0.319 e. The highest BCUT2D eigenvalue weighted by molar-refractivity contribution is 6.30. The van der Waals surface area contributed by atoms with Crippen LogP contribution in [0.4, 0.5) is 19.3 Å². The van der Waals surface area contributed by atoms with Crippen molar-refractivity contribution in [1.29, 1.82) is 0 Å². The first-order valence-corrected chi connectivity index (χ1v) is 9.12. The quantitative estimate of drug-likeness (QED) is 0.819. The fourth-order valence-corrected chi connectivity index (χ4v) is 3.64. The lowest BCUT2D eigenvalue weighted by Crippen LogP contribution is -2.47. The average molecular weight is 407 g/mol. The minimum absolute atomic E-state index is 0.302. The van der Waals surface area contributed by atoms with Gasteiger partial charge < -0.3 is 20.4 Å². The van der Waals surface area contributed by atoms with Crippen LogP contribution < -0.4 is 10.6 Å². The molecule has 9 heteroatoms. The fourth-order valence-electron chi connectivity index (χ4n) is 3.48. The van der Waals surface area contributed by atoms with Crippen LogP contribution in [0.5, 0.6) is 0 Å². The molecule has 28 heavy (non-hydrogen) atoms. The van der Waals surface area contributed by atoms with Crippen molar-refractivity contribution in [2.24, 2.45) is 5.16 Å². The summed E-state index contributed by atoms with van der Waals surface area (Å²) in [6.07, 6.45) is 0. The molecule has 0 aromatic heterocycles. The third-order valence-electron chi connectivity index (χ3n) is 4.78. The van der Waals surface area contributed by atoms with Crippen LogP contribution in [-0.4, -0.2) is 42.5 Å². The van der Waals surface area contributed by atoms with Gasteiger partial charge in [0.25, 0.3) is 0 Å². The molecule has 1 saturated heterocycles. The number of nitrogens with one attached hydrogen (secondary N) is 2. The Hall–Kier alpha value is -2.87. The van der Waals surface area contributed by atoms with Gasteiger partial charge in [-0.3, -0.25) is 0 Å². The third-order valence-corrected chi connectivity index (χ3v) is 5.02. The number of hydrogen-bond donors (Lipinski definition) is 2. The Morgan fingerprint density at radius 3 is 2.75 bits per heavy atom. The average Bonchev–Trinajstić information content (AvgIpc) is 3.02. The normalized spacial score (nSPS) is 20.8. The van der Waals surface area contributed by atoms with Gasteiger partial charge in [0, 0.05) is 23.2 Å². The molecule has 0 aliphatic carbocycles. The first kappa shape index (κ1) is 18.5. The van der Waals surface area contributed by atoms with Crippen LogP contribution in [0.25, 0.3) is 0 Å². The molecule has 0 saturated carbocycles. The number of urea groups is 1. The highest BCUT2D eigenvalue weighted by Gasteiger charge is 2.43. The Labute approximate surface area is 165 Å². The largest absolute Gasteiger partial charge is 0.392 e. The van der Waals surface area contributed by atoms with Crippen molar-refractivity contribution in [3.63, 3.8) is 0 Å². The monoisotopic (exact) mass is 406 g/mol. The topological polar surface area (TPSA) is 66.0 Å². The summed E-state index contributed by atoms with van der Waals surface area (Å²) in [6, 6.07) is 8.79. The molecule has 2 aromatic rings. The van der Waals surface area contributed by atoms with Crippen molar-refractivity contribution in [2.45, 2.75) is 12.0 Å². The maximum absolute atomic E-state index is 14.5. The standard InChI is InChI=1S/C19H17ClF2N4O2/c20-11-1-6-14(16(22)9-11)15-10-26-7-8-28-25-18(26)17(15)24-19(27)23-13-4-2-12(21)3-5-13/h1-6,9,15,17H,7-8,10H2,(H2,23,24,27)/t15-,17-/m0/s1. The lowest BCUT2D eigenvalue weighted by molar-refractivity contribution is 0.106. The second-order valence-electron chi connectivity index (χ2n) is 6.58. The Morgan fingerprint density at radius 2 is 2.00 bits per heavy atom. The van der Waals surface area contributed by atoms with E-state index in [1.54, 1.807) is 12.1 Å². The van der Waals surface area contributed by atoms with E-state index >= 15 is 0 Å². The molecule has 1 fully saturated rings. The number of oxime groups is 1. The second-order valence-corrected chi connectivity index (χ2v) is 7.02. The second kappa shape index (κ2) is 7.63. The van der Waals surface area contributed by atoms with Crippen molar-refractivity contribution in [2.75, 3.05) is 25.0 Å². The van der Waals surface area contributed by atoms with Crippen molar-refractivity contribution in [1.82, 2.24) is 10.2 Å². The van der Waals surface area contributed by atoms with E-state index in [0.717, 1.165) is 0 Å². The zero-order valence-corrected chi connectivity index (χ0v) is 15.4. The number of carbonyl (C=O) groups is 1. The van der Waals surface area contributed by atoms with Gasteiger partial charge in [-0.25, -0.2) is 13.6 Å². The molecular weight excluding hydrogens is 390 g/mol. The number of benzene rings is 2. The van der Waals surface area contributed by atoms with Crippen molar-refractivity contribution in [3.05, 3.63) is 64.7 Å². The Bertz CT molecular complexity index is 923. The fraction of sp³-hybridized carbons (Fsp3) is 0.263. The van der Waals surface area contributed by atoms with Gasteiger partial charge in [-0.05, 0) is 42.0 Å². The molecule has 0 radical (unpaired) electrons. The lowest BCUT2D eigenvalue weighted by Gasteiger charge is -2.24. The number of fused-ring (bicyclic) bond motifs is 1. The molecule has 0 unspecified atom stereocenters. The number of nitrogens with zero attached hydrogens (tertiary/aromatic N) is 2. The van der Waals surface area contributed by atoms with Crippen LogP contribution in [0.3, 0.4) is 0 Å². The molecule has 2 aliphatic rings. The summed E-state index contributed by atoms with van der Waals surface area (Å²) < 4.78 is 27.6. The van der Waals surface area contributed by atoms with E-state index in [9.17, 15) is 13.6 Å². The first-order valence-electron chi connectivity index (χ1n) is 8.74. The molecule has 2 amide bonds. The molecule has 146 valence electrons. The maximum atomic E-state index is 14.5. The number of amides is 2. The molecule has 2 N–H and O–H groups in total. The van der Waals surface area contributed by atoms with E-state index in [2.05, 4.69) is 15.8 Å². The molecule has 0 bridgehead atoms. The minimum Gasteiger partial charge on any atom is -0.392 e. The van der Waals surface area contributed by atoms with Gasteiger partial charge in [-0.1, -0.05) is 22.8 Å². The minimum atomic E-state index is -0.587. The number of carbonyl (C=O) groups excluding carboxylic acids is 1. The van der Waals surface area contributed by atoms with E-state index in [1.807, 2.05) is 4.90 Å². The molecular formula is C19H17ClF2N4O2. The van der Waals surface area contributed by atoms with Crippen LogP contribution in [0.2, 0.25) is 5.02 Å². The van der Waals surface area contributed by atoms with Crippen molar-refractivity contribution in [3.8, 4) is 0 Å². The zero-order valence-electron chi connectivity index (χ0n) is 14.7. The number of amidine groups is 1. The van der Waals surface area contributed by atoms with Gasteiger partial charge in [-0.2, -0.15) is 0 Å². The first-order chi connectivity index (χ1) is 13.5. The summed E-state index contributed by atoms with van der Waals surface area (Å²) >= 11 is 5.87. The van der Waals surface area contributed by atoms with Crippen LogP contribution >= 0.6 is 11.6 Å². The zero-order chi connectivity index (χ0) is 19.7. The predicted octanol–water partition coefficient (Wildman–Crippen LogP) is 3.55. The summed E-state index contributed by atoms with van der Waals surface area (Å²) in [5, 5.41) is 9.85. The summed E-state index contributed by atoms with van der Waals surface area (Å²) in [6.45, 7) is 1.51. The number of halogens is 3. The van der Waals surface area contributed by atoms with E-state index in [4.69, 9.17) is 16.4 Å². The van der Waals surface area contributed by atoms with Crippen molar-refractivity contribution >= 4 is 29.2 Å². The lowest BCUT2D eigenvalue weighted by atomic mass is 9.93. The van der Waals surface area contributed by atoms with E-state index < -0.39 is 23.7 Å². The van der Waals surface area contributed by atoms with Crippen LogP contribution in [0.15, 0.2) is 47.6 Å². The highest BCUT2D eigenvalue weighted by atomic mass is 35.5. The Balaban J connectivity index is 1.58. The van der Waals surface area contributed by atoms with Crippen LogP contribution in [0, 0.1) is 11.6 Å². The summed E-state index contributed by atoms with van der Waals surface area (Å²) in [7, 11) is 0. The SMILES string of the molecule is O=C(Nc1ccc(F)cc1)N[C@@H]1C2=NOCCN2C[C@H]1c1ccc(Cl)cc1F. The molecule has 2 heterocycles. The molecule has 2 aromatic carbocycles. The molecule has 2 aliphatic heterocycles. The van der Waals surface area contributed by atoms with E-state index in [0.29, 0.717) is 41.8 Å². The van der Waals surface area contributed by atoms with Gasteiger partial charge in [0.2, 0.25) is 0 Å². The number of rotatable bonds is 3. The Morgan fingerprint density at radius 1 is 1.21 bits per heavy atom. The molecule has 0 spiro atoms. The van der Waals surface area contributed by atoms with E-state index in [1.165, 1.54) is 30.3 Å². The predicted molar refractivity (Wildman–Crippen MR) is 101 cm³/mol.